The van der Waals surface area contributed by atoms with Gasteiger partial charge in [0.2, 0.25) is 11.8 Å². The van der Waals surface area contributed by atoms with E-state index in [1.165, 1.54) is 11.8 Å². The zero-order valence-corrected chi connectivity index (χ0v) is 19.6. The minimum Gasteiger partial charge on any atom is -0.481 e. The molecule has 3 saturated heterocycles. The summed E-state index contributed by atoms with van der Waals surface area (Å²) in [5, 5.41) is 20.0. The number of amides is 2. The molecule has 0 radical (unpaired) electrons. The molecule has 2 N–H and O–H groups in total. The van der Waals surface area contributed by atoms with E-state index in [9.17, 15) is 24.6 Å². The molecular weight excluding hydrogens is 416 g/mol. The number of fused-ring (bicyclic) bond motifs is 1. The zero-order valence-electron chi connectivity index (χ0n) is 18.8. The summed E-state index contributed by atoms with van der Waals surface area (Å²) < 4.78 is -0.724. The van der Waals surface area contributed by atoms with Crippen LogP contribution in [0.15, 0.2) is 12.7 Å². The number of aliphatic carboxylic acids is 1. The normalized spacial score (nSPS) is 32.4. The molecule has 2 unspecified atom stereocenters. The number of rotatable bonds is 11. The largest absolute Gasteiger partial charge is 0.481 e. The number of aliphatic hydroxyl groups excluding tert-OH is 1. The first kappa shape index (κ1) is 24.1. The maximum atomic E-state index is 13.9. The Hall–Kier alpha value is -1.54. The molecule has 1 spiro atoms. The molecule has 3 rings (SSSR count). The SMILES string of the molecule is C=CCN(CCCC)C(=O)C1N([C@@H](CO)CC(C)C)C(=O)[C@@H]2[C@H](C(=O)O)[C@@H]3CCC12S3. The van der Waals surface area contributed by atoms with Crippen LogP contribution in [0.1, 0.15) is 52.9 Å². The van der Waals surface area contributed by atoms with Gasteiger partial charge in [0.05, 0.1) is 29.2 Å². The Morgan fingerprint density at radius 1 is 1.42 bits per heavy atom. The molecule has 3 aliphatic rings. The first-order valence-corrected chi connectivity index (χ1v) is 12.3. The second-order valence-electron chi connectivity index (χ2n) is 9.53. The Morgan fingerprint density at radius 2 is 2.13 bits per heavy atom. The summed E-state index contributed by atoms with van der Waals surface area (Å²) in [6, 6.07) is -1.23. The van der Waals surface area contributed by atoms with Crippen LogP contribution < -0.4 is 0 Å². The number of carboxylic acid groups (broad SMARTS) is 1. The van der Waals surface area contributed by atoms with Gasteiger partial charge in [0.25, 0.3) is 0 Å². The van der Waals surface area contributed by atoms with Crippen molar-refractivity contribution in [1.29, 1.82) is 0 Å². The molecule has 3 aliphatic heterocycles. The number of carbonyl (C=O) groups excluding carboxylic acids is 2. The molecule has 0 aromatic heterocycles. The van der Waals surface area contributed by atoms with Crippen molar-refractivity contribution in [3.05, 3.63) is 12.7 Å². The van der Waals surface area contributed by atoms with Crippen LogP contribution in [0, 0.1) is 17.8 Å². The van der Waals surface area contributed by atoms with Gasteiger partial charge in [0.1, 0.15) is 6.04 Å². The summed E-state index contributed by atoms with van der Waals surface area (Å²) in [6.07, 6.45) is 5.41. The lowest BCUT2D eigenvalue weighted by Gasteiger charge is -2.40. The monoisotopic (exact) mass is 452 g/mol. The Morgan fingerprint density at radius 3 is 2.68 bits per heavy atom. The van der Waals surface area contributed by atoms with E-state index >= 15 is 0 Å². The van der Waals surface area contributed by atoms with Crippen LogP contribution in [0.3, 0.4) is 0 Å². The highest BCUT2D eigenvalue weighted by Gasteiger charge is 2.74. The molecule has 2 amide bonds. The average molecular weight is 453 g/mol. The van der Waals surface area contributed by atoms with Gasteiger partial charge in [-0.05, 0) is 31.6 Å². The van der Waals surface area contributed by atoms with Crippen molar-refractivity contribution >= 4 is 29.5 Å². The van der Waals surface area contributed by atoms with E-state index in [2.05, 4.69) is 13.5 Å². The Kier molecular flexibility index (Phi) is 7.41. The second kappa shape index (κ2) is 9.53. The molecule has 0 aromatic carbocycles. The zero-order chi connectivity index (χ0) is 22.9. The summed E-state index contributed by atoms with van der Waals surface area (Å²) in [5.41, 5.74) is 0. The number of carboxylic acids is 1. The molecular formula is C23H36N2O5S. The van der Waals surface area contributed by atoms with Gasteiger partial charge in [-0.1, -0.05) is 33.3 Å². The molecule has 8 heteroatoms. The summed E-state index contributed by atoms with van der Waals surface area (Å²) >= 11 is 1.54. The van der Waals surface area contributed by atoms with Crippen molar-refractivity contribution in [2.45, 2.75) is 75.0 Å². The fourth-order valence-corrected chi connectivity index (χ4v) is 8.03. The van der Waals surface area contributed by atoms with E-state index in [1.807, 2.05) is 13.8 Å². The highest BCUT2D eigenvalue weighted by atomic mass is 32.2. The molecule has 2 bridgehead atoms. The predicted molar refractivity (Wildman–Crippen MR) is 121 cm³/mol. The van der Waals surface area contributed by atoms with Crippen molar-refractivity contribution in [3.8, 4) is 0 Å². The van der Waals surface area contributed by atoms with E-state index in [4.69, 9.17) is 0 Å². The van der Waals surface area contributed by atoms with Crippen LogP contribution in [0.4, 0.5) is 0 Å². The van der Waals surface area contributed by atoms with Gasteiger partial charge in [-0.15, -0.1) is 18.3 Å². The summed E-state index contributed by atoms with van der Waals surface area (Å²) in [7, 11) is 0. The number of hydrogen-bond acceptors (Lipinski definition) is 5. The highest BCUT2D eigenvalue weighted by Crippen LogP contribution is 2.66. The number of thioether (sulfide) groups is 1. The number of nitrogens with zero attached hydrogens (tertiary/aromatic N) is 2. The van der Waals surface area contributed by atoms with Crippen LogP contribution in [-0.2, 0) is 14.4 Å². The quantitative estimate of drug-likeness (QED) is 0.467. The van der Waals surface area contributed by atoms with E-state index < -0.39 is 34.6 Å². The fraction of sp³-hybridized carbons (Fsp3) is 0.783. The fourth-order valence-electron chi connectivity index (χ4n) is 5.83. The van der Waals surface area contributed by atoms with Crippen LogP contribution in [-0.4, -0.2) is 79.6 Å². The third-order valence-electron chi connectivity index (χ3n) is 7.05. The van der Waals surface area contributed by atoms with Crippen molar-refractivity contribution < 1.29 is 24.6 Å². The van der Waals surface area contributed by atoms with Crippen molar-refractivity contribution in [2.24, 2.45) is 17.8 Å². The first-order chi connectivity index (χ1) is 14.7. The summed E-state index contributed by atoms with van der Waals surface area (Å²) in [6.45, 7) is 10.6. The molecule has 3 heterocycles. The number of carbonyl (C=O) groups is 3. The molecule has 7 nitrogen and oxygen atoms in total. The van der Waals surface area contributed by atoms with E-state index in [0.29, 0.717) is 32.4 Å². The summed E-state index contributed by atoms with van der Waals surface area (Å²) in [4.78, 5) is 43.1. The molecule has 174 valence electrons. The first-order valence-electron chi connectivity index (χ1n) is 11.5. The topological polar surface area (TPSA) is 98.2 Å². The van der Waals surface area contributed by atoms with Crippen molar-refractivity contribution in [3.63, 3.8) is 0 Å². The third kappa shape index (κ3) is 4.01. The Labute approximate surface area is 189 Å². The minimum absolute atomic E-state index is 0.134. The standard InChI is InChI=1S/C23H36N2O5S/c1-5-7-11-24(10-6-2)21(28)19-23-9-8-16(31-23)17(22(29)30)18(23)20(27)25(19)15(13-26)12-14(3)4/h6,14-19,26H,2,5,7-13H2,1,3-4H3,(H,29,30)/t15-,16+,17-,18+,19?,23?/m1/s1. The molecule has 6 atom stereocenters. The van der Waals surface area contributed by atoms with Crippen molar-refractivity contribution in [1.82, 2.24) is 9.80 Å². The van der Waals surface area contributed by atoms with Crippen LogP contribution >= 0.6 is 11.8 Å². The van der Waals surface area contributed by atoms with Gasteiger partial charge < -0.3 is 20.0 Å². The highest BCUT2D eigenvalue weighted by molar-refractivity contribution is 8.02. The third-order valence-corrected chi connectivity index (χ3v) is 9.00. The molecule has 31 heavy (non-hydrogen) atoms. The van der Waals surface area contributed by atoms with Gasteiger partial charge in [0.15, 0.2) is 0 Å². The molecule has 0 saturated carbocycles. The average Bonchev–Trinajstić information content (AvgIpc) is 3.36. The number of aliphatic hydroxyl groups is 1. The van der Waals surface area contributed by atoms with Crippen LogP contribution in [0.2, 0.25) is 0 Å². The Bertz CT molecular complexity index is 729. The van der Waals surface area contributed by atoms with Crippen molar-refractivity contribution in [2.75, 3.05) is 19.7 Å². The molecule has 0 aliphatic carbocycles. The van der Waals surface area contributed by atoms with Crippen LogP contribution in [0.25, 0.3) is 0 Å². The number of unbranched alkanes of at least 4 members (excludes halogenated alkanes) is 1. The number of hydrogen-bond donors (Lipinski definition) is 2. The predicted octanol–water partition coefficient (Wildman–Crippen LogP) is 2.38. The lowest BCUT2D eigenvalue weighted by molar-refractivity contribution is -0.150. The maximum Gasteiger partial charge on any atom is 0.308 e. The van der Waals surface area contributed by atoms with E-state index in [1.54, 1.807) is 15.9 Å². The van der Waals surface area contributed by atoms with Crippen LogP contribution in [0.5, 0.6) is 0 Å². The Balaban J connectivity index is 2.06. The lowest BCUT2D eigenvalue weighted by Crippen LogP contribution is -2.57. The lowest BCUT2D eigenvalue weighted by atomic mass is 9.71. The maximum absolute atomic E-state index is 13.9. The summed E-state index contributed by atoms with van der Waals surface area (Å²) in [5.74, 6) is -2.61. The van der Waals surface area contributed by atoms with Gasteiger partial charge in [-0.3, -0.25) is 14.4 Å². The molecule has 0 aromatic rings. The van der Waals surface area contributed by atoms with Gasteiger partial charge in [0, 0.05) is 18.3 Å². The number of likely N-dealkylation sites (tertiary alicyclic amines) is 1. The smallest absolute Gasteiger partial charge is 0.308 e. The van der Waals surface area contributed by atoms with Gasteiger partial charge in [-0.25, -0.2) is 0 Å². The van der Waals surface area contributed by atoms with E-state index in [-0.39, 0.29) is 29.6 Å². The van der Waals surface area contributed by atoms with E-state index in [0.717, 1.165) is 12.8 Å². The molecule has 3 fully saturated rings. The van der Waals surface area contributed by atoms with Gasteiger partial charge >= 0.3 is 5.97 Å². The minimum atomic E-state index is -0.955. The van der Waals surface area contributed by atoms with Gasteiger partial charge in [-0.2, -0.15) is 0 Å². The second-order valence-corrected chi connectivity index (χ2v) is 11.1.